The van der Waals surface area contributed by atoms with E-state index in [0.29, 0.717) is 12.2 Å². The van der Waals surface area contributed by atoms with E-state index in [-0.39, 0.29) is 11.5 Å². The summed E-state index contributed by atoms with van der Waals surface area (Å²) in [5.41, 5.74) is 2.66. The average Bonchev–Trinajstić information content (AvgIpc) is 2.33. The highest BCUT2D eigenvalue weighted by atomic mass is 16.1. The average molecular weight is 245 g/mol. The highest BCUT2D eigenvalue weighted by Gasteiger charge is 2.41. The molecule has 2 unspecified atom stereocenters. The molecule has 98 valence electrons. The molecule has 2 rings (SSSR count). The molecule has 1 aromatic carbocycles. The Hall–Kier alpha value is -1.15. The minimum atomic E-state index is 0.0288. The van der Waals surface area contributed by atoms with E-state index in [4.69, 9.17) is 0 Å². The molecule has 0 heterocycles. The molecule has 2 heteroatoms. The second kappa shape index (κ2) is 4.85. The second-order valence-corrected chi connectivity index (χ2v) is 5.86. The Morgan fingerprint density at radius 2 is 1.83 bits per heavy atom. The van der Waals surface area contributed by atoms with Crippen molar-refractivity contribution in [1.29, 1.82) is 0 Å². The number of hydrogen-bond donors (Lipinski definition) is 0. The van der Waals surface area contributed by atoms with Crippen LogP contribution in [0.3, 0.4) is 0 Å². The first-order valence-corrected chi connectivity index (χ1v) is 6.73. The second-order valence-electron chi connectivity index (χ2n) is 5.86. The molecule has 1 saturated carbocycles. The van der Waals surface area contributed by atoms with Crippen LogP contribution in [0.4, 0.5) is 0 Å². The van der Waals surface area contributed by atoms with E-state index in [1.54, 1.807) is 0 Å². The highest BCUT2D eigenvalue weighted by molar-refractivity contribution is 5.81. The summed E-state index contributed by atoms with van der Waals surface area (Å²) >= 11 is 0. The summed E-state index contributed by atoms with van der Waals surface area (Å²) < 4.78 is 0. The Morgan fingerprint density at radius 3 is 2.33 bits per heavy atom. The van der Waals surface area contributed by atoms with E-state index in [2.05, 4.69) is 57.1 Å². The molecular formula is C16H23NO. The highest BCUT2D eigenvalue weighted by Crippen LogP contribution is 2.42. The quantitative estimate of drug-likeness (QED) is 0.798. The van der Waals surface area contributed by atoms with E-state index >= 15 is 0 Å². The van der Waals surface area contributed by atoms with Crippen LogP contribution in [-0.2, 0) is 10.3 Å². The van der Waals surface area contributed by atoms with Gasteiger partial charge >= 0.3 is 0 Å². The maximum Gasteiger partial charge on any atom is 0.135 e. The van der Waals surface area contributed by atoms with Crippen LogP contribution in [0, 0.1) is 12.8 Å². The summed E-state index contributed by atoms with van der Waals surface area (Å²) in [4.78, 5) is 14.1. The molecule has 0 saturated heterocycles. The summed E-state index contributed by atoms with van der Waals surface area (Å²) in [6.07, 6.45) is 2.57. The summed E-state index contributed by atoms with van der Waals surface area (Å²) in [6, 6.07) is 8.78. The number of hydrogen-bond acceptors (Lipinski definition) is 2. The van der Waals surface area contributed by atoms with Crippen LogP contribution in [0.2, 0.25) is 0 Å². The summed E-state index contributed by atoms with van der Waals surface area (Å²) in [6.45, 7) is 4.17. The molecule has 1 fully saturated rings. The Bertz CT molecular complexity index is 435. The number of carbonyl (C=O) groups excluding carboxylic acids is 1. The molecule has 1 aromatic rings. The van der Waals surface area contributed by atoms with Gasteiger partial charge in [0.2, 0.25) is 0 Å². The predicted molar refractivity (Wildman–Crippen MR) is 74.6 cm³/mol. The van der Waals surface area contributed by atoms with Crippen molar-refractivity contribution in [2.45, 2.75) is 38.6 Å². The molecular weight excluding hydrogens is 222 g/mol. The van der Waals surface area contributed by atoms with Gasteiger partial charge in [0.25, 0.3) is 0 Å². The van der Waals surface area contributed by atoms with Gasteiger partial charge in [0, 0.05) is 17.9 Å². The van der Waals surface area contributed by atoms with Crippen molar-refractivity contribution >= 4 is 5.78 Å². The van der Waals surface area contributed by atoms with Crippen LogP contribution in [-0.4, -0.2) is 24.8 Å². The fraction of sp³-hybridized carbons (Fsp3) is 0.562. The Kier molecular flexibility index (Phi) is 3.58. The summed E-state index contributed by atoms with van der Waals surface area (Å²) in [5, 5.41) is 0. The van der Waals surface area contributed by atoms with Crippen molar-refractivity contribution in [3.8, 4) is 0 Å². The number of carbonyl (C=O) groups is 1. The molecule has 0 spiro atoms. The van der Waals surface area contributed by atoms with Gasteiger partial charge in [0.1, 0.15) is 5.78 Å². The number of Topliss-reactive ketones (excluding diaryl/α,β-unsaturated/α-hetero) is 1. The number of benzene rings is 1. The molecule has 0 aliphatic heterocycles. The van der Waals surface area contributed by atoms with E-state index in [1.165, 1.54) is 11.1 Å². The van der Waals surface area contributed by atoms with Gasteiger partial charge in [-0.3, -0.25) is 9.69 Å². The molecule has 18 heavy (non-hydrogen) atoms. The van der Waals surface area contributed by atoms with Crippen molar-refractivity contribution in [3.63, 3.8) is 0 Å². The summed E-state index contributed by atoms with van der Waals surface area (Å²) in [5.74, 6) is 0.585. The van der Waals surface area contributed by atoms with Crippen molar-refractivity contribution < 1.29 is 4.79 Å². The zero-order valence-corrected chi connectivity index (χ0v) is 11.9. The van der Waals surface area contributed by atoms with Crippen LogP contribution in [0.1, 0.15) is 37.3 Å². The largest absolute Gasteiger partial charge is 0.300 e. The maximum atomic E-state index is 11.8. The van der Waals surface area contributed by atoms with Crippen molar-refractivity contribution in [1.82, 2.24) is 4.90 Å². The maximum absolute atomic E-state index is 11.8. The normalized spacial score (nSPS) is 28.7. The van der Waals surface area contributed by atoms with Gasteiger partial charge in [-0.1, -0.05) is 36.8 Å². The zero-order valence-electron chi connectivity index (χ0n) is 11.9. The van der Waals surface area contributed by atoms with Gasteiger partial charge in [-0.2, -0.15) is 0 Å². The minimum Gasteiger partial charge on any atom is -0.300 e. The number of aryl methyl sites for hydroxylation is 1. The first-order chi connectivity index (χ1) is 8.45. The van der Waals surface area contributed by atoms with Gasteiger partial charge in [-0.15, -0.1) is 0 Å². The summed E-state index contributed by atoms with van der Waals surface area (Å²) in [7, 11) is 4.25. The van der Waals surface area contributed by atoms with Crippen LogP contribution >= 0.6 is 0 Å². The molecule has 0 N–H and O–H groups in total. The lowest BCUT2D eigenvalue weighted by atomic mass is 9.71. The van der Waals surface area contributed by atoms with Gasteiger partial charge in [0.05, 0.1) is 0 Å². The third-order valence-electron chi connectivity index (χ3n) is 4.42. The first-order valence-electron chi connectivity index (χ1n) is 6.73. The minimum absolute atomic E-state index is 0.0288. The lowest BCUT2D eigenvalue weighted by molar-refractivity contribution is -0.127. The molecule has 0 bridgehead atoms. The van der Waals surface area contributed by atoms with Gasteiger partial charge < -0.3 is 0 Å². The molecule has 0 amide bonds. The number of nitrogens with zero attached hydrogens (tertiary/aromatic N) is 1. The SMILES string of the molecule is Cc1ccc(C2(N(C)C)CCC(=O)C(C)C2)cc1. The van der Waals surface area contributed by atoms with Crippen molar-refractivity contribution in [2.75, 3.05) is 14.1 Å². The van der Waals surface area contributed by atoms with Crippen LogP contribution in [0.5, 0.6) is 0 Å². The van der Waals surface area contributed by atoms with Crippen molar-refractivity contribution in [2.24, 2.45) is 5.92 Å². The van der Waals surface area contributed by atoms with Crippen LogP contribution in [0.15, 0.2) is 24.3 Å². The standard InChI is InChI=1S/C16H23NO/c1-12-5-7-14(8-6-12)16(17(3)4)10-9-15(18)13(2)11-16/h5-8,13H,9-11H2,1-4H3. The first kappa shape index (κ1) is 13.3. The molecule has 1 aliphatic rings. The zero-order chi connectivity index (χ0) is 13.3. The molecule has 0 aromatic heterocycles. The van der Waals surface area contributed by atoms with E-state index < -0.39 is 0 Å². The molecule has 2 atom stereocenters. The predicted octanol–water partition coefficient (Wildman–Crippen LogP) is 3.14. The fourth-order valence-electron chi connectivity index (χ4n) is 3.09. The Balaban J connectivity index is 2.39. The van der Waals surface area contributed by atoms with Crippen molar-refractivity contribution in [3.05, 3.63) is 35.4 Å². The number of ketones is 1. The van der Waals surface area contributed by atoms with Crippen LogP contribution in [0.25, 0.3) is 0 Å². The molecule has 2 nitrogen and oxygen atoms in total. The lowest BCUT2D eigenvalue weighted by Crippen LogP contribution is -2.47. The lowest BCUT2D eigenvalue weighted by Gasteiger charge is -2.45. The molecule has 0 radical (unpaired) electrons. The van der Waals surface area contributed by atoms with E-state index in [1.807, 2.05) is 0 Å². The topological polar surface area (TPSA) is 20.3 Å². The van der Waals surface area contributed by atoms with Gasteiger partial charge in [-0.05, 0) is 39.4 Å². The third kappa shape index (κ3) is 2.22. The van der Waals surface area contributed by atoms with E-state index in [0.717, 1.165) is 12.8 Å². The van der Waals surface area contributed by atoms with Crippen LogP contribution < -0.4 is 0 Å². The molecule has 1 aliphatic carbocycles. The van der Waals surface area contributed by atoms with Gasteiger partial charge in [0.15, 0.2) is 0 Å². The van der Waals surface area contributed by atoms with Gasteiger partial charge in [-0.25, -0.2) is 0 Å². The Morgan fingerprint density at radius 1 is 1.22 bits per heavy atom. The van der Waals surface area contributed by atoms with E-state index in [9.17, 15) is 4.79 Å². The smallest absolute Gasteiger partial charge is 0.135 e. The fourth-order valence-corrected chi connectivity index (χ4v) is 3.09. The Labute approximate surface area is 110 Å². The monoisotopic (exact) mass is 245 g/mol. The number of rotatable bonds is 2. The third-order valence-corrected chi connectivity index (χ3v) is 4.42.